The quantitative estimate of drug-likeness (QED) is 0.298. The Hall–Kier alpha value is -3.33. The Labute approximate surface area is 191 Å². The summed E-state index contributed by atoms with van der Waals surface area (Å²) < 4.78 is 3.81. The number of fused-ring (bicyclic) bond motifs is 1. The van der Waals surface area contributed by atoms with Crippen molar-refractivity contribution in [2.45, 2.75) is 25.5 Å². The zero-order valence-electron chi connectivity index (χ0n) is 18.4. The highest BCUT2D eigenvalue weighted by Crippen LogP contribution is 2.23. The third-order valence-corrected chi connectivity index (χ3v) is 5.53. The molecule has 0 spiro atoms. The maximum Gasteiger partial charge on any atom is 0.251 e. The molecule has 1 aromatic carbocycles. The predicted octanol–water partition coefficient (Wildman–Crippen LogP) is 3.84. The Morgan fingerprint density at radius 2 is 1.88 bits per heavy atom. The number of amides is 1. The van der Waals surface area contributed by atoms with Gasteiger partial charge in [-0.1, -0.05) is 25.6 Å². The van der Waals surface area contributed by atoms with Gasteiger partial charge in [0, 0.05) is 36.7 Å². The van der Waals surface area contributed by atoms with Gasteiger partial charge in [0.1, 0.15) is 5.82 Å². The Morgan fingerprint density at radius 3 is 2.56 bits per heavy atom. The summed E-state index contributed by atoms with van der Waals surface area (Å²) in [6.07, 6.45) is 7.68. The number of rotatable bonds is 9. The van der Waals surface area contributed by atoms with E-state index in [0.29, 0.717) is 29.7 Å². The molecule has 0 unspecified atom stereocenters. The van der Waals surface area contributed by atoms with E-state index in [9.17, 15) is 4.79 Å². The lowest BCUT2D eigenvalue weighted by Crippen LogP contribution is -2.27. The molecule has 9 heteroatoms. The second-order valence-electron chi connectivity index (χ2n) is 7.83. The zero-order chi connectivity index (χ0) is 22.5. The van der Waals surface area contributed by atoms with Crippen LogP contribution in [0.2, 0.25) is 0 Å². The van der Waals surface area contributed by atoms with Crippen LogP contribution >= 0.6 is 11.8 Å². The van der Waals surface area contributed by atoms with Gasteiger partial charge in [-0.2, -0.15) is 5.10 Å². The molecule has 0 saturated heterocycles. The molecule has 0 saturated carbocycles. The first-order valence-corrected chi connectivity index (χ1v) is 11.8. The first kappa shape index (κ1) is 21.9. The Morgan fingerprint density at radius 1 is 1.12 bits per heavy atom. The molecule has 1 amide bonds. The van der Waals surface area contributed by atoms with E-state index in [-0.39, 0.29) is 5.91 Å². The van der Waals surface area contributed by atoms with Crippen LogP contribution in [-0.4, -0.2) is 49.6 Å². The molecule has 3 aromatic heterocycles. The van der Waals surface area contributed by atoms with Crippen molar-refractivity contribution in [3.05, 3.63) is 60.6 Å². The zero-order valence-corrected chi connectivity index (χ0v) is 19.3. The van der Waals surface area contributed by atoms with E-state index in [0.717, 1.165) is 29.1 Å². The maximum atomic E-state index is 12.6. The van der Waals surface area contributed by atoms with Crippen LogP contribution in [0.15, 0.2) is 60.1 Å². The summed E-state index contributed by atoms with van der Waals surface area (Å²) in [5, 5.41) is 12.4. The molecule has 0 bridgehead atoms. The van der Waals surface area contributed by atoms with Gasteiger partial charge in [0.05, 0.1) is 18.1 Å². The molecule has 0 aliphatic heterocycles. The average Bonchev–Trinajstić information content (AvgIpc) is 3.48. The van der Waals surface area contributed by atoms with E-state index in [1.807, 2.05) is 64.3 Å². The molecule has 0 radical (unpaired) electrons. The van der Waals surface area contributed by atoms with Crippen LogP contribution in [0.25, 0.3) is 16.7 Å². The fourth-order valence-electron chi connectivity index (χ4n) is 3.29. The first-order valence-electron chi connectivity index (χ1n) is 10.6. The summed E-state index contributed by atoms with van der Waals surface area (Å²) in [5.41, 5.74) is 2.40. The van der Waals surface area contributed by atoms with Crippen LogP contribution in [0.3, 0.4) is 0 Å². The Kier molecular flexibility index (Phi) is 6.75. The molecule has 8 nitrogen and oxygen atoms in total. The summed E-state index contributed by atoms with van der Waals surface area (Å²) >= 11 is 1.50. The molecule has 3 heterocycles. The van der Waals surface area contributed by atoms with E-state index in [2.05, 4.69) is 39.5 Å². The van der Waals surface area contributed by atoms with Gasteiger partial charge in [0.15, 0.2) is 10.8 Å². The van der Waals surface area contributed by atoms with E-state index in [4.69, 9.17) is 0 Å². The number of anilines is 1. The monoisotopic (exact) mass is 449 g/mol. The molecule has 0 aliphatic rings. The third-order valence-electron chi connectivity index (χ3n) is 4.98. The largest absolute Gasteiger partial charge is 0.369 e. The van der Waals surface area contributed by atoms with E-state index >= 15 is 0 Å². The fraction of sp³-hybridized carbons (Fsp3) is 0.304. The van der Waals surface area contributed by atoms with E-state index in [1.165, 1.54) is 11.8 Å². The lowest BCUT2D eigenvalue weighted by molar-refractivity contribution is 0.0952. The normalized spacial score (nSPS) is 11.2. The van der Waals surface area contributed by atoms with Crippen molar-refractivity contribution in [3.8, 4) is 5.69 Å². The number of benzene rings is 1. The minimum Gasteiger partial charge on any atom is -0.369 e. The highest BCUT2D eigenvalue weighted by Gasteiger charge is 2.13. The molecule has 0 aliphatic carbocycles. The van der Waals surface area contributed by atoms with Crippen molar-refractivity contribution in [2.75, 3.05) is 24.7 Å². The van der Waals surface area contributed by atoms with Crippen molar-refractivity contribution in [1.82, 2.24) is 29.6 Å². The average molecular weight is 450 g/mol. The number of hydrogen-bond acceptors (Lipinski definition) is 6. The van der Waals surface area contributed by atoms with Gasteiger partial charge in [-0.05, 0) is 48.6 Å². The number of nitrogens with zero attached hydrogens (tertiary/aromatic N) is 5. The summed E-state index contributed by atoms with van der Waals surface area (Å²) in [6.45, 7) is 6.10. The minimum absolute atomic E-state index is 0.112. The van der Waals surface area contributed by atoms with Crippen molar-refractivity contribution in [3.63, 3.8) is 0 Å². The molecule has 166 valence electrons. The lowest BCUT2D eigenvalue weighted by atomic mass is 10.2. The number of thioether (sulfide) groups is 1. The van der Waals surface area contributed by atoms with Gasteiger partial charge in [0.25, 0.3) is 5.91 Å². The molecular weight excluding hydrogens is 422 g/mol. The summed E-state index contributed by atoms with van der Waals surface area (Å²) in [4.78, 5) is 21.8. The summed E-state index contributed by atoms with van der Waals surface area (Å²) in [5.74, 6) is 1.19. The minimum atomic E-state index is -0.112. The standard InChI is InChI=1S/C23H27N7OS/c1-16(2)14-25-20-19-15-26-30(21(19)28-23(27-20)32-3)13-10-24-22(31)17-6-8-18(9-7-17)29-11-4-5-12-29/h4-9,11-12,15-16H,10,13-14H2,1-3H3,(H,24,31)(H,25,27,28). The van der Waals surface area contributed by atoms with Crippen LogP contribution in [0.1, 0.15) is 24.2 Å². The van der Waals surface area contributed by atoms with Crippen LogP contribution in [0.4, 0.5) is 5.82 Å². The van der Waals surface area contributed by atoms with Gasteiger partial charge in [-0.3, -0.25) is 4.79 Å². The number of carbonyl (C=O) groups is 1. The summed E-state index contributed by atoms with van der Waals surface area (Å²) in [6, 6.07) is 11.5. The molecular formula is C23H27N7OS. The van der Waals surface area contributed by atoms with Gasteiger partial charge in [-0.25, -0.2) is 14.6 Å². The highest BCUT2D eigenvalue weighted by molar-refractivity contribution is 7.98. The smallest absolute Gasteiger partial charge is 0.251 e. The predicted molar refractivity (Wildman–Crippen MR) is 129 cm³/mol. The van der Waals surface area contributed by atoms with Crippen LogP contribution in [-0.2, 0) is 6.54 Å². The molecule has 4 aromatic rings. The Bertz CT molecular complexity index is 1180. The SMILES string of the molecule is CSc1nc(NCC(C)C)c2cnn(CCNC(=O)c3ccc(-n4cccc4)cc3)c2n1. The maximum absolute atomic E-state index is 12.6. The molecule has 2 N–H and O–H groups in total. The van der Waals surface area contributed by atoms with E-state index < -0.39 is 0 Å². The first-order chi connectivity index (χ1) is 15.5. The van der Waals surface area contributed by atoms with Crippen molar-refractivity contribution in [1.29, 1.82) is 0 Å². The molecule has 0 atom stereocenters. The molecule has 32 heavy (non-hydrogen) atoms. The number of aromatic nitrogens is 5. The second kappa shape index (κ2) is 9.86. The summed E-state index contributed by atoms with van der Waals surface area (Å²) in [7, 11) is 0. The molecule has 0 fully saturated rings. The number of carbonyl (C=O) groups excluding carboxylic acids is 1. The van der Waals surface area contributed by atoms with Crippen molar-refractivity contribution >= 4 is 34.5 Å². The van der Waals surface area contributed by atoms with Crippen LogP contribution < -0.4 is 10.6 Å². The van der Waals surface area contributed by atoms with Crippen LogP contribution in [0, 0.1) is 5.92 Å². The van der Waals surface area contributed by atoms with Crippen molar-refractivity contribution in [2.24, 2.45) is 5.92 Å². The van der Waals surface area contributed by atoms with Gasteiger partial charge >= 0.3 is 0 Å². The fourth-order valence-corrected chi connectivity index (χ4v) is 3.66. The van der Waals surface area contributed by atoms with Gasteiger partial charge < -0.3 is 15.2 Å². The topological polar surface area (TPSA) is 89.7 Å². The Balaban J connectivity index is 1.41. The van der Waals surface area contributed by atoms with Gasteiger partial charge in [-0.15, -0.1) is 0 Å². The second-order valence-corrected chi connectivity index (χ2v) is 8.61. The number of nitrogens with one attached hydrogen (secondary N) is 2. The van der Waals surface area contributed by atoms with Crippen molar-refractivity contribution < 1.29 is 4.79 Å². The highest BCUT2D eigenvalue weighted by atomic mass is 32.2. The van der Waals surface area contributed by atoms with Gasteiger partial charge in [0.2, 0.25) is 0 Å². The number of hydrogen-bond donors (Lipinski definition) is 2. The third kappa shape index (κ3) is 4.94. The van der Waals surface area contributed by atoms with Crippen LogP contribution in [0.5, 0.6) is 0 Å². The lowest BCUT2D eigenvalue weighted by Gasteiger charge is -2.11. The van der Waals surface area contributed by atoms with E-state index in [1.54, 1.807) is 6.20 Å². The molecule has 4 rings (SSSR count).